The number of carbonyl (C=O) groups is 1. The largest absolute Gasteiger partial charge is 0.311 e. The van der Waals surface area contributed by atoms with Crippen LogP contribution in [0, 0.1) is 10.8 Å². The van der Waals surface area contributed by atoms with Crippen LogP contribution in [0.1, 0.15) is 59.8 Å². The van der Waals surface area contributed by atoms with E-state index in [9.17, 15) is 13.2 Å². The highest BCUT2D eigenvalue weighted by Gasteiger charge is 2.42. The van der Waals surface area contributed by atoms with Crippen molar-refractivity contribution in [1.29, 1.82) is 0 Å². The van der Waals surface area contributed by atoms with Gasteiger partial charge in [0.1, 0.15) is 10.7 Å². The molecule has 0 unspecified atom stereocenters. The van der Waals surface area contributed by atoms with E-state index in [0.29, 0.717) is 24.3 Å². The van der Waals surface area contributed by atoms with E-state index in [0.717, 1.165) is 45.3 Å². The summed E-state index contributed by atoms with van der Waals surface area (Å²) in [6, 6.07) is 3.08. The molecule has 0 aliphatic carbocycles. The summed E-state index contributed by atoms with van der Waals surface area (Å²) >= 11 is 0. The molecular weight excluding hydrogens is 400 g/mol. The summed E-state index contributed by atoms with van der Waals surface area (Å²) in [6.45, 7) is 12.6. The molecule has 3 rings (SSSR count). The van der Waals surface area contributed by atoms with Crippen LogP contribution in [0.15, 0.2) is 23.2 Å². The fraction of sp³-hybridized carbons (Fsp3) is 0.727. The summed E-state index contributed by atoms with van der Waals surface area (Å²) in [5.74, 6) is 0.129. The second-order valence-electron chi connectivity index (χ2n) is 10.2. The third-order valence-electron chi connectivity index (χ3n) is 6.40. The number of aromatic nitrogens is 1. The number of pyridine rings is 1. The molecule has 0 atom stereocenters. The Hall–Kier alpha value is -1.51. The van der Waals surface area contributed by atoms with E-state index in [2.05, 4.69) is 36.0 Å². The zero-order valence-corrected chi connectivity index (χ0v) is 19.6. The van der Waals surface area contributed by atoms with E-state index in [1.54, 1.807) is 10.4 Å². The summed E-state index contributed by atoms with van der Waals surface area (Å²) in [5, 5.41) is 2.57. The lowest BCUT2D eigenvalue weighted by atomic mass is 9.73. The van der Waals surface area contributed by atoms with Gasteiger partial charge in [0, 0.05) is 26.2 Å². The molecule has 30 heavy (non-hydrogen) atoms. The number of hydrogen-bond acceptors (Lipinski definition) is 5. The van der Waals surface area contributed by atoms with Crippen molar-refractivity contribution in [2.45, 2.75) is 64.7 Å². The zero-order chi connectivity index (χ0) is 22.0. The summed E-state index contributed by atoms with van der Waals surface area (Å²) in [6.07, 6.45) is 6.65. The summed E-state index contributed by atoms with van der Waals surface area (Å²) < 4.78 is 28.1. The topological polar surface area (TPSA) is 82.6 Å². The van der Waals surface area contributed by atoms with Crippen LogP contribution >= 0.6 is 0 Å². The highest BCUT2D eigenvalue weighted by molar-refractivity contribution is 7.89. The number of carbonyl (C=O) groups excluding carboxylic acids is 1. The molecule has 2 fully saturated rings. The second-order valence-corrected chi connectivity index (χ2v) is 12.1. The van der Waals surface area contributed by atoms with Crippen molar-refractivity contribution in [2.75, 3.05) is 38.0 Å². The van der Waals surface area contributed by atoms with Crippen LogP contribution in [0.3, 0.4) is 0 Å². The van der Waals surface area contributed by atoms with E-state index in [1.165, 1.54) is 25.6 Å². The number of anilines is 1. The lowest BCUT2D eigenvalue weighted by Crippen LogP contribution is -2.51. The van der Waals surface area contributed by atoms with Gasteiger partial charge >= 0.3 is 0 Å². The Morgan fingerprint density at radius 2 is 1.87 bits per heavy atom. The molecule has 0 radical (unpaired) electrons. The van der Waals surface area contributed by atoms with Gasteiger partial charge in [-0.15, -0.1) is 0 Å². The fourth-order valence-electron chi connectivity index (χ4n) is 4.46. The first kappa shape index (κ1) is 23.2. The van der Waals surface area contributed by atoms with Gasteiger partial charge < -0.3 is 10.2 Å². The normalized spacial score (nSPS) is 20.9. The van der Waals surface area contributed by atoms with Crippen LogP contribution in [0.2, 0.25) is 0 Å². The van der Waals surface area contributed by atoms with Gasteiger partial charge in [0.25, 0.3) is 0 Å². The molecule has 2 aliphatic rings. The van der Waals surface area contributed by atoms with Gasteiger partial charge in [0.05, 0.1) is 0 Å². The lowest BCUT2D eigenvalue weighted by Gasteiger charge is -2.47. The Morgan fingerprint density at radius 3 is 2.43 bits per heavy atom. The number of piperidine rings is 2. The van der Waals surface area contributed by atoms with E-state index in [1.807, 2.05) is 0 Å². The molecule has 2 saturated heterocycles. The molecule has 1 spiro atoms. The first-order valence-electron chi connectivity index (χ1n) is 11.0. The van der Waals surface area contributed by atoms with Gasteiger partial charge in [-0.1, -0.05) is 20.8 Å². The number of hydrogen-bond donors (Lipinski definition) is 1. The van der Waals surface area contributed by atoms with Crippen molar-refractivity contribution in [1.82, 2.24) is 14.2 Å². The number of nitrogens with one attached hydrogen (secondary N) is 1. The van der Waals surface area contributed by atoms with Gasteiger partial charge in [-0.05, 0) is 74.7 Å². The smallest absolute Gasteiger partial charge is 0.244 e. The van der Waals surface area contributed by atoms with E-state index in [4.69, 9.17) is 0 Å². The Kier molecular flexibility index (Phi) is 6.89. The Bertz CT molecular complexity index is 838. The molecule has 3 heterocycles. The predicted molar refractivity (Wildman–Crippen MR) is 119 cm³/mol. The number of likely N-dealkylation sites (tertiary alicyclic amines) is 1. The first-order valence-corrected chi connectivity index (χ1v) is 12.4. The van der Waals surface area contributed by atoms with E-state index in [-0.39, 0.29) is 16.2 Å². The minimum atomic E-state index is -3.58. The van der Waals surface area contributed by atoms with Crippen molar-refractivity contribution in [3.05, 3.63) is 18.3 Å². The number of nitrogens with zero attached hydrogens (tertiary/aromatic N) is 3. The third kappa shape index (κ3) is 5.80. The molecule has 1 amide bonds. The SMILES string of the molecule is CC(=O)Nc1ccc(S(=O)(=O)N2CCCC3(CCN(CCC(C)(C)C)CC3)C2)cn1. The van der Waals surface area contributed by atoms with Gasteiger partial charge in [-0.25, -0.2) is 13.4 Å². The minimum absolute atomic E-state index is 0.0904. The maximum atomic E-state index is 13.2. The first-order chi connectivity index (χ1) is 14.0. The van der Waals surface area contributed by atoms with E-state index >= 15 is 0 Å². The summed E-state index contributed by atoms with van der Waals surface area (Å²) in [7, 11) is -3.58. The van der Waals surface area contributed by atoms with Crippen LogP contribution in [0.5, 0.6) is 0 Å². The maximum absolute atomic E-state index is 13.2. The van der Waals surface area contributed by atoms with Crippen molar-refractivity contribution in [3.63, 3.8) is 0 Å². The fourth-order valence-corrected chi connectivity index (χ4v) is 5.99. The van der Waals surface area contributed by atoms with Gasteiger partial charge in [-0.3, -0.25) is 4.79 Å². The minimum Gasteiger partial charge on any atom is -0.311 e. The van der Waals surface area contributed by atoms with Gasteiger partial charge in [-0.2, -0.15) is 4.31 Å². The van der Waals surface area contributed by atoms with Gasteiger partial charge in [0.2, 0.25) is 15.9 Å². The Morgan fingerprint density at radius 1 is 1.17 bits per heavy atom. The van der Waals surface area contributed by atoms with Crippen LogP contribution < -0.4 is 5.32 Å². The van der Waals surface area contributed by atoms with Crippen molar-refractivity contribution in [3.8, 4) is 0 Å². The van der Waals surface area contributed by atoms with Crippen LogP contribution in [-0.2, 0) is 14.8 Å². The molecule has 0 saturated carbocycles. The highest BCUT2D eigenvalue weighted by Crippen LogP contribution is 2.41. The maximum Gasteiger partial charge on any atom is 0.244 e. The van der Waals surface area contributed by atoms with E-state index < -0.39 is 10.0 Å². The molecular formula is C22H36N4O3S. The highest BCUT2D eigenvalue weighted by atomic mass is 32.2. The molecule has 1 aromatic heterocycles. The zero-order valence-electron chi connectivity index (χ0n) is 18.8. The Labute approximate surface area is 181 Å². The third-order valence-corrected chi connectivity index (χ3v) is 8.23. The quantitative estimate of drug-likeness (QED) is 0.765. The number of sulfonamides is 1. The standard InChI is InChI=1S/C22H36N4O3S/c1-18(27)24-20-7-6-19(16-23-20)30(28,29)26-12-5-8-22(17-26)10-14-25(15-11-22)13-9-21(2,3)4/h6-7,16H,5,8-15,17H2,1-4H3,(H,23,24,27). The predicted octanol–water partition coefficient (Wildman–Crippen LogP) is 3.34. The number of amides is 1. The number of rotatable bonds is 5. The van der Waals surface area contributed by atoms with Crippen molar-refractivity contribution >= 4 is 21.7 Å². The molecule has 0 aromatic carbocycles. The van der Waals surface area contributed by atoms with Crippen molar-refractivity contribution in [2.24, 2.45) is 10.8 Å². The summed E-state index contributed by atoms with van der Waals surface area (Å²) in [4.78, 5) is 18.0. The molecule has 1 N–H and O–H groups in total. The van der Waals surface area contributed by atoms with Crippen LogP contribution in [0.4, 0.5) is 5.82 Å². The summed E-state index contributed by atoms with van der Waals surface area (Å²) in [5.41, 5.74) is 0.432. The van der Waals surface area contributed by atoms with Gasteiger partial charge in [0.15, 0.2) is 0 Å². The van der Waals surface area contributed by atoms with Crippen LogP contribution in [-0.4, -0.2) is 61.2 Å². The molecule has 2 aliphatic heterocycles. The molecule has 1 aromatic rings. The second kappa shape index (κ2) is 8.93. The molecule has 168 valence electrons. The molecule has 7 nitrogen and oxygen atoms in total. The average Bonchev–Trinajstić information content (AvgIpc) is 2.67. The Balaban J connectivity index is 1.63. The average molecular weight is 437 g/mol. The lowest BCUT2D eigenvalue weighted by molar-refractivity contribution is -0.114. The molecule has 0 bridgehead atoms. The van der Waals surface area contributed by atoms with Crippen molar-refractivity contribution < 1.29 is 13.2 Å². The molecule has 8 heteroatoms. The van der Waals surface area contributed by atoms with Crippen LogP contribution in [0.25, 0.3) is 0 Å². The monoisotopic (exact) mass is 436 g/mol.